The molecule has 0 unspecified atom stereocenters. The van der Waals surface area contributed by atoms with Crippen molar-refractivity contribution in [2.75, 3.05) is 72.6 Å². The van der Waals surface area contributed by atoms with E-state index < -0.39 is 0 Å². The topological polar surface area (TPSA) is 84.5 Å². The van der Waals surface area contributed by atoms with Gasteiger partial charge in [-0.15, -0.1) is 0 Å². The number of carbonyl (C=O) groups is 1. The maximum atomic E-state index is 11.7. The Hall–Kier alpha value is -0.580. The molecule has 8 nitrogen and oxygen atoms in total. The lowest BCUT2D eigenvalue weighted by Gasteiger charge is -2.25. The number of hydrogen-bond acceptors (Lipinski definition) is 8. The zero-order chi connectivity index (χ0) is 21.7. The van der Waals surface area contributed by atoms with E-state index in [0.717, 1.165) is 45.1 Å². The molecule has 1 saturated carbocycles. The van der Waals surface area contributed by atoms with Gasteiger partial charge in [0, 0.05) is 19.8 Å². The Kier molecular flexibility index (Phi) is 18.6. The van der Waals surface area contributed by atoms with Crippen molar-refractivity contribution < 1.29 is 34.6 Å². The van der Waals surface area contributed by atoms with E-state index in [1.165, 1.54) is 0 Å². The van der Waals surface area contributed by atoms with Crippen molar-refractivity contribution >= 4 is 18.7 Å². The first-order valence-corrected chi connectivity index (χ1v) is 11.7. The predicted octanol–water partition coefficient (Wildman–Crippen LogP) is 3.08. The molecule has 1 rings (SSSR count). The minimum absolute atomic E-state index is 0. The summed E-state index contributed by atoms with van der Waals surface area (Å²) in [6, 6.07) is 0. The Balaban J connectivity index is 0.00000900. The molecule has 1 aliphatic carbocycles. The summed E-state index contributed by atoms with van der Waals surface area (Å²) in [5.74, 6) is 0. The van der Waals surface area contributed by atoms with Crippen LogP contribution < -0.4 is 5.32 Å². The molecule has 1 amide bonds. The summed E-state index contributed by atoms with van der Waals surface area (Å²) in [5, 5.41) is 3.15. The van der Waals surface area contributed by atoms with Gasteiger partial charge >= 0.3 is 6.09 Å². The number of hydrogen-bond donors (Lipinski definition) is 2. The molecule has 0 radical (unpaired) electrons. The fourth-order valence-corrected chi connectivity index (χ4v) is 3.11. The van der Waals surface area contributed by atoms with Crippen molar-refractivity contribution in [3.8, 4) is 0 Å². The largest absolute Gasteiger partial charge is 0.446 e. The lowest BCUT2D eigenvalue weighted by molar-refractivity contribution is -0.0110. The van der Waals surface area contributed by atoms with Gasteiger partial charge in [-0.25, -0.2) is 4.79 Å². The molecule has 0 heterocycles. The average Bonchev–Trinajstić information content (AvgIpc) is 2.74. The molecular formula is C21H43NO7S. The lowest BCUT2D eigenvalue weighted by atomic mass is 9.97. The van der Waals surface area contributed by atoms with Crippen LogP contribution in [-0.4, -0.2) is 90.1 Å². The number of alkyl carbamates (subject to hydrolysis) is 1. The maximum absolute atomic E-state index is 11.7. The minimum atomic E-state index is -0.373. The highest BCUT2D eigenvalue weighted by Gasteiger charge is 2.21. The molecule has 1 N–H and O–H groups in total. The highest BCUT2D eigenvalue weighted by molar-refractivity contribution is 7.80. The summed E-state index contributed by atoms with van der Waals surface area (Å²) >= 11 is 4.44. The first-order valence-electron chi connectivity index (χ1n) is 11.2. The normalized spacial score (nSPS) is 19.0. The summed E-state index contributed by atoms with van der Waals surface area (Å²) in [5.41, 5.74) is 0. The van der Waals surface area contributed by atoms with E-state index in [1.807, 2.05) is 0 Å². The summed E-state index contributed by atoms with van der Waals surface area (Å²) < 4.78 is 32.4. The molecule has 0 aromatic carbocycles. The van der Waals surface area contributed by atoms with Crippen LogP contribution in [0, 0.1) is 0 Å². The van der Waals surface area contributed by atoms with Crippen LogP contribution in [-0.2, 0) is 28.4 Å². The van der Waals surface area contributed by atoms with E-state index >= 15 is 0 Å². The quantitative estimate of drug-likeness (QED) is 0.230. The van der Waals surface area contributed by atoms with Gasteiger partial charge in [0.25, 0.3) is 0 Å². The third kappa shape index (κ3) is 17.1. The molecule has 1 aliphatic rings. The van der Waals surface area contributed by atoms with Crippen LogP contribution in [0.25, 0.3) is 0 Å². The molecule has 1 fully saturated rings. The zero-order valence-electron chi connectivity index (χ0n) is 18.5. The highest BCUT2D eigenvalue weighted by Crippen LogP contribution is 2.24. The smallest absolute Gasteiger partial charge is 0.407 e. The van der Waals surface area contributed by atoms with Gasteiger partial charge in [-0.3, -0.25) is 0 Å². The summed E-state index contributed by atoms with van der Waals surface area (Å²) in [6.45, 7) is 8.16. The Morgan fingerprint density at radius 1 is 0.800 bits per heavy atom. The number of amides is 1. The van der Waals surface area contributed by atoms with Gasteiger partial charge in [0.2, 0.25) is 0 Å². The van der Waals surface area contributed by atoms with Crippen molar-refractivity contribution in [1.82, 2.24) is 5.32 Å². The van der Waals surface area contributed by atoms with E-state index in [1.54, 1.807) is 0 Å². The van der Waals surface area contributed by atoms with Gasteiger partial charge in [-0.05, 0) is 32.1 Å². The second-order valence-corrected chi connectivity index (χ2v) is 7.91. The number of rotatable bonds is 19. The monoisotopic (exact) mass is 453 g/mol. The van der Waals surface area contributed by atoms with Gasteiger partial charge in [0.05, 0.1) is 59.5 Å². The fraction of sp³-hybridized carbons (Fsp3) is 0.952. The molecule has 0 aromatic heterocycles. The highest BCUT2D eigenvalue weighted by atomic mass is 32.1. The zero-order valence-corrected chi connectivity index (χ0v) is 19.4. The van der Waals surface area contributed by atoms with Crippen LogP contribution in [0.5, 0.6) is 0 Å². The van der Waals surface area contributed by atoms with Gasteiger partial charge in [0.1, 0.15) is 6.10 Å². The van der Waals surface area contributed by atoms with E-state index in [2.05, 4.69) is 24.9 Å². The van der Waals surface area contributed by atoms with Crippen LogP contribution in [0.2, 0.25) is 0 Å². The van der Waals surface area contributed by atoms with Crippen LogP contribution >= 0.6 is 12.6 Å². The number of carbonyl (C=O) groups excluding carboxylic acids is 1. The SMILES string of the molecule is CCCCOCCOCCOCCOCCOCCNC(=O)OC1CCC(S)CC1.[HH]. The van der Waals surface area contributed by atoms with Crippen molar-refractivity contribution in [1.29, 1.82) is 0 Å². The Morgan fingerprint density at radius 3 is 1.77 bits per heavy atom. The Labute approximate surface area is 188 Å². The lowest BCUT2D eigenvalue weighted by Crippen LogP contribution is -2.33. The standard InChI is InChI=1S/C21H41NO7S.H2/c1-2-3-9-24-11-13-26-15-17-28-18-16-27-14-12-25-10-8-22-21(23)29-19-4-6-20(30)7-5-19;/h19-20,30H,2-18H2,1H3,(H,22,23);1H. The van der Waals surface area contributed by atoms with Crippen LogP contribution in [0.3, 0.4) is 0 Å². The first-order chi connectivity index (χ1) is 14.7. The van der Waals surface area contributed by atoms with Crippen molar-refractivity contribution in [3.05, 3.63) is 0 Å². The Morgan fingerprint density at radius 2 is 1.27 bits per heavy atom. The summed E-state index contributed by atoms with van der Waals surface area (Å²) in [4.78, 5) is 11.7. The maximum Gasteiger partial charge on any atom is 0.407 e. The van der Waals surface area contributed by atoms with E-state index in [4.69, 9.17) is 28.4 Å². The third-order valence-corrected chi connectivity index (χ3v) is 5.08. The fourth-order valence-electron chi connectivity index (χ4n) is 2.81. The number of unbranched alkanes of at least 4 members (excludes halogenated alkanes) is 1. The molecule has 0 spiro atoms. The molecular weight excluding hydrogens is 410 g/mol. The third-order valence-electron chi connectivity index (χ3n) is 4.56. The van der Waals surface area contributed by atoms with Gasteiger partial charge in [-0.2, -0.15) is 12.6 Å². The average molecular weight is 454 g/mol. The van der Waals surface area contributed by atoms with Crippen molar-refractivity contribution in [3.63, 3.8) is 0 Å². The second-order valence-electron chi connectivity index (χ2n) is 7.18. The van der Waals surface area contributed by atoms with Gasteiger partial charge < -0.3 is 33.7 Å². The van der Waals surface area contributed by atoms with E-state index in [-0.39, 0.29) is 13.6 Å². The second kappa shape index (κ2) is 20.3. The molecule has 9 heteroatoms. The molecule has 0 saturated heterocycles. The van der Waals surface area contributed by atoms with E-state index in [9.17, 15) is 4.79 Å². The van der Waals surface area contributed by atoms with E-state index in [0.29, 0.717) is 71.3 Å². The number of nitrogens with one attached hydrogen (secondary N) is 1. The molecule has 0 aliphatic heterocycles. The predicted molar refractivity (Wildman–Crippen MR) is 121 cm³/mol. The minimum Gasteiger partial charge on any atom is -0.446 e. The first kappa shape index (κ1) is 27.5. The molecule has 0 atom stereocenters. The molecule has 0 bridgehead atoms. The van der Waals surface area contributed by atoms with Crippen molar-refractivity contribution in [2.45, 2.75) is 56.8 Å². The molecule has 30 heavy (non-hydrogen) atoms. The summed E-state index contributed by atoms with van der Waals surface area (Å²) in [7, 11) is 0. The molecule has 180 valence electrons. The molecule has 0 aromatic rings. The number of ether oxygens (including phenoxy) is 6. The van der Waals surface area contributed by atoms with Gasteiger partial charge in [0.15, 0.2) is 0 Å². The van der Waals surface area contributed by atoms with Crippen LogP contribution in [0.4, 0.5) is 4.79 Å². The number of thiol groups is 1. The summed E-state index contributed by atoms with van der Waals surface area (Å²) in [6.07, 6.45) is 5.66. The van der Waals surface area contributed by atoms with Crippen LogP contribution in [0.1, 0.15) is 46.9 Å². The van der Waals surface area contributed by atoms with Crippen molar-refractivity contribution in [2.24, 2.45) is 0 Å². The van der Waals surface area contributed by atoms with Crippen LogP contribution in [0.15, 0.2) is 0 Å². The Bertz CT molecular complexity index is 402. The van der Waals surface area contributed by atoms with Gasteiger partial charge in [-0.1, -0.05) is 13.3 Å².